The summed E-state index contributed by atoms with van der Waals surface area (Å²) < 4.78 is 0. The van der Waals surface area contributed by atoms with Gasteiger partial charge in [0.25, 0.3) is 0 Å². The van der Waals surface area contributed by atoms with Crippen molar-refractivity contribution in [1.82, 2.24) is 14.9 Å². The van der Waals surface area contributed by atoms with Gasteiger partial charge in [-0.2, -0.15) is 0 Å². The Kier molecular flexibility index (Phi) is 3.01. The average Bonchev–Trinajstić information content (AvgIpc) is 2.45. The fourth-order valence-corrected chi connectivity index (χ4v) is 2.65. The zero-order valence-corrected chi connectivity index (χ0v) is 10.3. The van der Waals surface area contributed by atoms with Crippen LogP contribution in [0.1, 0.15) is 12.1 Å². The van der Waals surface area contributed by atoms with E-state index in [4.69, 9.17) is 5.73 Å². The van der Waals surface area contributed by atoms with Crippen LogP contribution in [0.2, 0.25) is 0 Å². The maximum Gasteiger partial charge on any atom is 0.243 e. The van der Waals surface area contributed by atoms with E-state index in [0.29, 0.717) is 11.0 Å². The first-order valence-electron chi connectivity index (χ1n) is 5.05. The molecule has 90 valence electrons. The monoisotopic (exact) mass is 252 g/mol. The molecule has 1 aromatic rings. The predicted octanol–water partition coefficient (Wildman–Crippen LogP) is 0.217. The number of aryl methyl sites for hydroxylation is 1. The summed E-state index contributed by atoms with van der Waals surface area (Å²) in [7, 11) is 1.48. The number of anilines is 1. The summed E-state index contributed by atoms with van der Waals surface area (Å²) in [5, 5.41) is -0.00218. The van der Waals surface area contributed by atoms with Crippen molar-refractivity contribution in [3.8, 4) is 0 Å². The number of aromatic nitrogens is 2. The third-order valence-corrected chi connectivity index (χ3v) is 3.49. The number of likely N-dealkylation sites (tertiary alicyclic amines) is 1. The highest BCUT2D eigenvalue weighted by molar-refractivity contribution is 8.00. The van der Waals surface area contributed by atoms with E-state index in [-0.39, 0.29) is 18.2 Å². The van der Waals surface area contributed by atoms with Crippen molar-refractivity contribution >= 4 is 29.4 Å². The van der Waals surface area contributed by atoms with Gasteiger partial charge in [-0.1, -0.05) is 11.8 Å². The van der Waals surface area contributed by atoms with Gasteiger partial charge in [0.2, 0.25) is 11.8 Å². The highest BCUT2D eigenvalue weighted by Crippen LogP contribution is 2.29. The third-order valence-electron chi connectivity index (χ3n) is 2.44. The quantitative estimate of drug-likeness (QED) is 0.598. The Labute approximate surface area is 103 Å². The van der Waals surface area contributed by atoms with Crippen molar-refractivity contribution in [3.63, 3.8) is 0 Å². The number of imide groups is 1. The Bertz CT molecular complexity index is 471. The molecule has 0 spiro atoms. The predicted molar refractivity (Wildman–Crippen MR) is 63.2 cm³/mol. The summed E-state index contributed by atoms with van der Waals surface area (Å²) in [6.45, 7) is 1.80. The highest BCUT2D eigenvalue weighted by Gasteiger charge is 2.37. The molecule has 0 aliphatic carbocycles. The minimum absolute atomic E-state index is 0.173. The van der Waals surface area contributed by atoms with Gasteiger partial charge in [-0.15, -0.1) is 0 Å². The van der Waals surface area contributed by atoms with E-state index in [1.165, 1.54) is 18.8 Å². The van der Waals surface area contributed by atoms with Crippen LogP contribution in [0.4, 0.5) is 5.82 Å². The Morgan fingerprint density at radius 2 is 2.18 bits per heavy atom. The van der Waals surface area contributed by atoms with Gasteiger partial charge >= 0.3 is 0 Å². The number of nitrogen functional groups attached to an aromatic ring is 1. The van der Waals surface area contributed by atoms with E-state index in [1.807, 2.05) is 0 Å². The van der Waals surface area contributed by atoms with Crippen molar-refractivity contribution in [2.75, 3.05) is 12.8 Å². The number of amides is 2. The van der Waals surface area contributed by atoms with Gasteiger partial charge < -0.3 is 5.73 Å². The number of carbonyl (C=O) groups is 2. The molecule has 17 heavy (non-hydrogen) atoms. The summed E-state index contributed by atoms with van der Waals surface area (Å²) in [5.74, 6) is -0.0121. The van der Waals surface area contributed by atoms with E-state index in [2.05, 4.69) is 9.97 Å². The first-order valence-corrected chi connectivity index (χ1v) is 5.93. The molecule has 0 radical (unpaired) electrons. The molecular weight excluding hydrogens is 240 g/mol. The van der Waals surface area contributed by atoms with Crippen LogP contribution in [-0.2, 0) is 9.59 Å². The Hall–Kier alpha value is -1.63. The largest absolute Gasteiger partial charge is 0.384 e. The van der Waals surface area contributed by atoms with Gasteiger partial charge in [0.1, 0.15) is 11.1 Å². The second-order valence-corrected chi connectivity index (χ2v) is 4.99. The smallest absolute Gasteiger partial charge is 0.243 e. The maximum absolute atomic E-state index is 11.7. The molecule has 0 saturated carbocycles. The number of rotatable bonds is 2. The number of nitrogens with zero attached hydrogens (tertiary/aromatic N) is 3. The molecule has 2 N–H and O–H groups in total. The summed E-state index contributed by atoms with van der Waals surface area (Å²) in [6.07, 6.45) is 0.192. The van der Waals surface area contributed by atoms with Gasteiger partial charge in [-0.3, -0.25) is 14.5 Å². The maximum atomic E-state index is 11.7. The van der Waals surface area contributed by atoms with Crippen LogP contribution in [0.3, 0.4) is 0 Å². The first-order chi connectivity index (χ1) is 7.97. The molecule has 0 aromatic carbocycles. The molecule has 1 atom stereocenters. The Morgan fingerprint density at radius 3 is 2.71 bits per heavy atom. The van der Waals surface area contributed by atoms with Gasteiger partial charge in [0.05, 0.1) is 0 Å². The number of nitrogens with two attached hydrogens (primary N) is 1. The summed E-state index contributed by atoms with van der Waals surface area (Å²) in [6, 6.07) is 1.65. The van der Waals surface area contributed by atoms with Crippen LogP contribution in [0.5, 0.6) is 0 Å². The van der Waals surface area contributed by atoms with E-state index in [9.17, 15) is 9.59 Å². The molecule has 1 aliphatic rings. The van der Waals surface area contributed by atoms with Gasteiger partial charge in [-0.25, -0.2) is 9.97 Å². The average molecular weight is 252 g/mol. The summed E-state index contributed by atoms with van der Waals surface area (Å²) >= 11 is 1.18. The fraction of sp³-hybridized carbons (Fsp3) is 0.400. The molecule has 6 nitrogen and oxygen atoms in total. The number of thioether (sulfide) groups is 1. The van der Waals surface area contributed by atoms with Gasteiger partial charge in [-0.05, 0) is 6.92 Å². The lowest BCUT2D eigenvalue weighted by Crippen LogP contribution is -2.26. The summed E-state index contributed by atoms with van der Waals surface area (Å²) in [5.41, 5.74) is 6.34. The molecule has 1 fully saturated rings. The lowest BCUT2D eigenvalue weighted by Gasteiger charge is -2.08. The van der Waals surface area contributed by atoms with Crippen molar-refractivity contribution in [2.45, 2.75) is 23.8 Å². The Morgan fingerprint density at radius 1 is 1.47 bits per heavy atom. The van der Waals surface area contributed by atoms with Gasteiger partial charge in [0.15, 0.2) is 5.16 Å². The molecule has 1 unspecified atom stereocenters. The van der Waals surface area contributed by atoms with Crippen LogP contribution in [0, 0.1) is 6.92 Å². The highest BCUT2D eigenvalue weighted by atomic mass is 32.2. The van der Waals surface area contributed by atoms with Crippen LogP contribution in [0.25, 0.3) is 0 Å². The molecule has 2 rings (SSSR count). The molecule has 1 saturated heterocycles. The van der Waals surface area contributed by atoms with E-state index in [0.717, 1.165) is 10.6 Å². The minimum atomic E-state index is -0.436. The lowest BCUT2D eigenvalue weighted by molar-refractivity contribution is -0.136. The van der Waals surface area contributed by atoms with Crippen LogP contribution < -0.4 is 5.73 Å². The van der Waals surface area contributed by atoms with E-state index in [1.54, 1.807) is 13.0 Å². The second-order valence-electron chi connectivity index (χ2n) is 3.82. The van der Waals surface area contributed by atoms with Crippen LogP contribution in [0.15, 0.2) is 11.2 Å². The lowest BCUT2D eigenvalue weighted by atomic mass is 10.4. The molecule has 7 heteroatoms. The topological polar surface area (TPSA) is 89.2 Å². The Balaban J connectivity index is 2.16. The molecule has 2 amide bonds. The van der Waals surface area contributed by atoms with Crippen LogP contribution in [-0.4, -0.2) is 39.0 Å². The number of hydrogen-bond donors (Lipinski definition) is 1. The number of hydrogen-bond acceptors (Lipinski definition) is 6. The number of carbonyl (C=O) groups excluding carboxylic acids is 2. The molecule has 1 aromatic heterocycles. The second kappa shape index (κ2) is 4.33. The van der Waals surface area contributed by atoms with E-state index >= 15 is 0 Å². The van der Waals surface area contributed by atoms with E-state index < -0.39 is 5.25 Å². The zero-order valence-electron chi connectivity index (χ0n) is 9.51. The first kappa shape index (κ1) is 11.8. The molecule has 0 bridgehead atoms. The van der Waals surface area contributed by atoms with Crippen molar-refractivity contribution in [2.24, 2.45) is 0 Å². The third kappa shape index (κ3) is 2.38. The minimum Gasteiger partial charge on any atom is -0.384 e. The van der Waals surface area contributed by atoms with Crippen LogP contribution >= 0.6 is 11.8 Å². The molecule has 2 heterocycles. The SMILES string of the molecule is Cc1cc(N)nc(SC2CC(=O)N(C)C2=O)n1. The van der Waals surface area contributed by atoms with Crippen molar-refractivity contribution < 1.29 is 9.59 Å². The molecule has 1 aliphatic heterocycles. The zero-order chi connectivity index (χ0) is 12.6. The van der Waals surface area contributed by atoms with Crippen molar-refractivity contribution in [1.29, 1.82) is 0 Å². The normalized spacial score (nSPS) is 20.1. The molecular formula is C10H12N4O2S. The standard InChI is InChI=1S/C10H12N4O2S/c1-5-3-7(11)13-10(12-5)17-6-4-8(15)14(2)9(6)16/h3,6H,4H2,1-2H3,(H2,11,12,13). The van der Waals surface area contributed by atoms with Crippen molar-refractivity contribution in [3.05, 3.63) is 11.8 Å². The van der Waals surface area contributed by atoms with Gasteiger partial charge in [0, 0.05) is 25.2 Å². The summed E-state index contributed by atoms with van der Waals surface area (Å²) in [4.78, 5) is 32.4. The fourth-order valence-electron chi connectivity index (χ4n) is 1.56.